The number of hydrogen-bond acceptors (Lipinski definition) is 5. The minimum absolute atomic E-state index is 0.00646. The molecule has 7 heteroatoms. The lowest BCUT2D eigenvalue weighted by Gasteiger charge is -2.10. The Kier molecular flexibility index (Phi) is 6.33. The number of carbonyl (C=O) groups excluding carboxylic acids is 1. The molecule has 0 heterocycles. The van der Waals surface area contributed by atoms with Crippen molar-refractivity contribution in [3.63, 3.8) is 0 Å². The van der Waals surface area contributed by atoms with Gasteiger partial charge in [-0.1, -0.05) is 18.2 Å². The molecule has 2 aromatic carbocycles. The van der Waals surface area contributed by atoms with Gasteiger partial charge < -0.3 is 15.4 Å². The van der Waals surface area contributed by atoms with Crippen molar-refractivity contribution >= 4 is 17.3 Å². The fourth-order valence-electron chi connectivity index (χ4n) is 2.40. The van der Waals surface area contributed by atoms with Crippen LogP contribution in [0.2, 0.25) is 0 Å². The first-order chi connectivity index (χ1) is 12.0. The highest BCUT2D eigenvalue weighted by molar-refractivity contribution is 5.77. The molecule has 132 valence electrons. The van der Waals surface area contributed by atoms with Crippen LogP contribution < -0.4 is 15.4 Å². The van der Waals surface area contributed by atoms with Crippen LogP contribution in [0.1, 0.15) is 11.1 Å². The van der Waals surface area contributed by atoms with Crippen molar-refractivity contribution in [3.05, 3.63) is 63.7 Å². The second-order valence-electron chi connectivity index (χ2n) is 5.66. The maximum absolute atomic E-state index is 11.8. The molecule has 0 aromatic heterocycles. The van der Waals surface area contributed by atoms with Crippen LogP contribution in [0.5, 0.6) is 5.75 Å². The molecule has 0 aliphatic rings. The number of ether oxygens (including phenoxy) is 1. The number of anilines is 1. The first-order valence-corrected chi connectivity index (χ1v) is 7.91. The van der Waals surface area contributed by atoms with Crippen molar-refractivity contribution < 1.29 is 14.5 Å². The molecule has 0 bridgehead atoms. The summed E-state index contributed by atoms with van der Waals surface area (Å²) in [6, 6.07) is 12.1. The van der Waals surface area contributed by atoms with Gasteiger partial charge in [0.05, 0.1) is 4.92 Å². The molecule has 7 nitrogen and oxygen atoms in total. The number of amides is 1. The van der Waals surface area contributed by atoms with Crippen molar-refractivity contribution in [2.75, 3.05) is 25.0 Å². The first-order valence-electron chi connectivity index (χ1n) is 7.91. The normalized spacial score (nSPS) is 10.2. The predicted octanol–water partition coefficient (Wildman–Crippen LogP) is 2.82. The molecule has 0 saturated heterocycles. The summed E-state index contributed by atoms with van der Waals surface area (Å²) in [5, 5.41) is 16.6. The third kappa shape index (κ3) is 5.80. The summed E-state index contributed by atoms with van der Waals surface area (Å²) in [4.78, 5) is 22.3. The number of para-hydroxylation sites is 2. The lowest BCUT2D eigenvalue weighted by molar-refractivity contribution is -0.384. The van der Waals surface area contributed by atoms with Crippen LogP contribution >= 0.6 is 0 Å². The number of nitro benzene ring substituents is 1. The van der Waals surface area contributed by atoms with Gasteiger partial charge in [-0.3, -0.25) is 14.9 Å². The zero-order valence-corrected chi connectivity index (χ0v) is 14.2. The van der Waals surface area contributed by atoms with Crippen molar-refractivity contribution in [2.45, 2.75) is 13.8 Å². The molecular weight excluding hydrogens is 322 g/mol. The lowest BCUT2D eigenvalue weighted by atomic mass is 10.1. The van der Waals surface area contributed by atoms with Gasteiger partial charge in [0.2, 0.25) is 0 Å². The van der Waals surface area contributed by atoms with E-state index in [1.807, 2.05) is 32.0 Å². The number of nitrogens with zero attached hydrogens (tertiary/aromatic N) is 1. The Morgan fingerprint density at radius 1 is 1.12 bits per heavy atom. The predicted molar refractivity (Wildman–Crippen MR) is 96.0 cm³/mol. The van der Waals surface area contributed by atoms with Crippen LogP contribution in [0.4, 0.5) is 11.4 Å². The van der Waals surface area contributed by atoms with Crippen molar-refractivity contribution in [3.8, 4) is 5.75 Å². The van der Waals surface area contributed by atoms with Crippen LogP contribution in [0.3, 0.4) is 0 Å². The SMILES string of the molecule is Cc1cc(C)cc(OCC(=O)NCCNc2ccccc2[N+](=O)[O-])c1. The highest BCUT2D eigenvalue weighted by Gasteiger charge is 2.11. The molecule has 0 fully saturated rings. The van der Waals surface area contributed by atoms with E-state index < -0.39 is 4.92 Å². The lowest BCUT2D eigenvalue weighted by Crippen LogP contribution is -2.32. The molecule has 25 heavy (non-hydrogen) atoms. The number of rotatable bonds is 8. The molecule has 2 rings (SSSR count). The molecule has 1 amide bonds. The zero-order valence-electron chi connectivity index (χ0n) is 14.2. The monoisotopic (exact) mass is 343 g/mol. The van der Waals surface area contributed by atoms with E-state index in [1.165, 1.54) is 6.07 Å². The van der Waals surface area contributed by atoms with E-state index >= 15 is 0 Å². The van der Waals surface area contributed by atoms with E-state index in [2.05, 4.69) is 10.6 Å². The van der Waals surface area contributed by atoms with Crippen molar-refractivity contribution in [1.29, 1.82) is 0 Å². The number of hydrogen-bond donors (Lipinski definition) is 2. The van der Waals surface area contributed by atoms with Crippen LogP contribution in [0.25, 0.3) is 0 Å². The summed E-state index contributed by atoms with van der Waals surface area (Å²) >= 11 is 0. The van der Waals surface area contributed by atoms with E-state index in [4.69, 9.17) is 4.74 Å². The van der Waals surface area contributed by atoms with Gasteiger partial charge in [0, 0.05) is 19.2 Å². The molecular formula is C18H21N3O4. The Morgan fingerprint density at radius 2 is 1.80 bits per heavy atom. The van der Waals surface area contributed by atoms with Gasteiger partial charge in [-0.25, -0.2) is 0 Å². The fourth-order valence-corrected chi connectivity index (χ4v) is 2.40. The number of nitro groups is 1. The topological polar surface area (TPSA) is 93.5 Å². The maximum Gasteiger partial charge on any atom is 0.292 e. The van der Waals surface area contributed by atoms with Crippen LogP contribution in [0, 0.1) is 24.0 Å². The van der Waals surface area contributed by atoms with Gasteiger partial charge in [-0.2, -0.15) is 0 Å². The van der Waals surface area contributed by atoms with Gasteiger partial charge in [0.15, 0.2) is 6.61 Å². The molecule has 2 aromatic rings. The Morgan fingerprint density at radius 3 is 2.48 bits per heavy atom. The van der Waals surface area contributed by atoms with E-state index in [0.29, 0.717) is 24.5 Å². The summed E-state index contributed by atoms with van der Waals surface area (Å²) < 4.78 is 5.47. The summed E-state index contributed by atoms with van der Waals surface area (Å²) in [6.07, 6.45) is 0. The summed E-state index contributed by atoms with van der Waals surface area (Å²) in [5.74, 6) is 0.411. The number of carbonyl (C=O) groups is 1. The smallest absolute Gasteiger partial charge is 0.292 e. The van der Waals surface area contributed by atoms with Gasteiger partial charge in [-0.15, -0.1) is 0 Å². The number of aryl methyl sites for hydroxylation is 2. The van der Waals surface area contributed by atoms with Gasteiger partial charge in [-0.05, 0) is 43.2 Å². The Bertz CT molecular complexity index is 741. The Hall–Kier alpha value is -3.09. The maximum atomic E-state index is 11.8. The van der Waals surface area contributed by atoms with E-state index in [9.17, 15) is 14.9 Å². The molecule has 0 unspecified atom stereocenters. The Labute approximate surface area is 146 Å². The first kappa shape index (κ1) is 18.3. The van der Waals surface area contributed by atoms with Gasteiger partial charge >= 0.3 is 0 Å². The summed E-state index contributed by atoms with van der Waals surface area (Å²) in [7, 11) is 0. The summed E-state index contributed by atoms with van der Waals surface area (Å²) in [5.41, 5.74) is 2.58. The second-order valence-corrected chi connectivity index (χ2v) is 5.66. The van der Waals surface area contributed by atoms with E-state index in [0.717, 1.165) is 11.1 Å². The quantitative estimate of drug-likeness (QED) is 0.437. The third-order valence-corrected chi connectivity index (χ3v) is 3.43. The standard InChI is InChI=1S/C18H21N3O4/c1-13-9-14(2)11-15(10-13)25-12-18(22)20-8-7-19-16-5-3-4-6-17(16)21(23)24/h3-6,9-11,19H,7-8,12H2,1-2H3,(H,20,22). The highest BCUT2D eigenvalue weighted by Crippen LogP contribution is 2.22. The van der Waals surface area contributed by atoms with E-state index in [-0.39, 0.29) is 18.2 Å². The van der Waals surface area contributed by atoms with Crippen LogP contribution in [-0.4, -0.2) is 30.5 Å². The van der Waals surface area contributed by atoms with Crippen LogP contribution in [0.15, 0.2) is 42.5 Å². The van der Waals surface area contributed by atoms with E-state index in [1.54, 1.807) is 18.2 Å². The third-order valence-electron chi connectivity index (χ3n) is 3.43. The van der Waals surface area contributed by atoms with Gasteiger partial charge in [0.25, 0.3) is 11.6 Å². The highest BCUT2D eigenvalue weighted by atomic mass is 16.6. The second kappa shape index (κ2) is 8.68. The Balaban J connectivity index is 1.73. The van der Waals surface area contributed by atoms with Crippen molar-refractivity contribution in [1.82, 2.24) is 5.32 Å². The number of nitrogens with one attached hydrogen (secondary N) is 2. The fraction of sp³-hybridized carbons (Fsp3) is 0.278. The largest absolute Gasteiger partial charge is 0.484 e. The molecule has 2 N–H and O–H groups in total. The summed E-state index contributed by atoms with van der Waals surface area (Å²) in [6.45, 7) is 4.57. The molecule has 0 aliphatic carbocycles. The molecule has 0 atom stereocenters. The van der Waals surface area contributed by atoms with Crippen LogP contribution in [-0.2, 0) is 4.79 Å². The minimum atomic E-state index is -0.446. The minimum Gasteiger partial charge on any atom is -0.484 e. The molecule has 0 radical (unpaired) electrons. The average Bonchev–Trinajstić information content (AvgIpc) is 2.56. The number of benzene rings is 2. The molecule has 0 aliphatic heterocycles. The zero-order chi connectivity index (χ0) is 18.2. The average molecular weight is 343 g/mol. The molecule has 0 spiro atoms. The molecule has 0 saturated carbocycles. The van der Waals surface area contributed by atoms with Crippen molar-refractivity contribution in [2.24, 2.45) is 0 Å². The van der Waals surface area contributed by atoms with Gasteiger partial charge in [0.1, 0.15) is 11.4 Å².